The smallest absolute Gasteiger partial charge is 0.242 e. The molecule has 0 atom stereocenters. The molecule has 0 saturated carbocycles. The van der Waals surface area contributed by atoms with E-state index in [1.165, 1.54) is 29.7 Å². The van der Waals surface area contributed by atoms with Crippen LogP contribution < -0.4 is 4.80 Å². The number of hydrogen-bond acceptors (Lipinski definition) is 4. The molecule has 5 nitrogen and oxygen atoms in total. The lowest BCUT2D eigenvalue weighted by Crippen LogP contribution is -2.22. The predicted molar refractivity (Wildman–Crippen MR) is 111 cm³/mol. The first-order valence-corrected chi connectivity index (χ1v) is 10.9. The number of sulfonamides is 1. The highest BCUT2D eigenvalue weighted by Gasteiger charge is 2.19. The zero-order chi connectivity index (χ0) is 19.8. The lowest BCUT2D eigenvalue weighted by molar-refractivity contribution is 0.520. The third-order valence-electron chi connectivity index (χ3n) is 4.10. The maximum absolute atomic E-state index is 12.5. The van der Waals surface area contributed by atoms with E-state index in [0.717, 1.165) is 27.3 Å². The molecule has 0 radical (unpaired) electrons. The summed E-state index contributed by atoms with van der Waals surface area (Å²) >= 11 is 7.42. The summed E-state index contributed by atoms with van der Waals surface area (Å²) in [6.07, 6.45) is 0. The van der Waals surface area contributed by atoms with Gasteiger partial charge in [-0.05, 0) is 55.0 Å². The Kier molecular flexibility index (Phi) is 5.58. The van der Waals surface area contributed by atoms with Crippen LogP contribution in [0.15, 0.2) is 57.7 Å². The molecule has 0 aliphatic carbocycles. The van der Waals surface area contributed by atoms with Crippen LogP contribution in [-0.4, -0.2) is 31.4 Å². The van der Waals surface area contributed by atoms with Crippen molar-refractivity contribution in [1.29, 1.82) is 0 Å². The number of benzene rings is 2. The molecule has 27 heavy (non-hydrogen) atoms. The minimum absolute atomic E-state index is 0.282. The van der Waals surface area contributed by atoms with Crippen LogP contribution in [0.25, 0.3) is 11.3 Å². The van der Waals surface area contributed by atoms with Crippen LogP contribution in [0.1, 0.15) is 5.56 Å². The van der Waals surface area contributed by atoms with Gasteiger partial charge in [0, 0.05) is 37.1 Å². The second-order valence-corrected chi connectivity index (χ2v) is 9.80. The Morgan fingerprint density at radius 3 is 2.41 bits per heavy atom. The summed E-state index contributed by atoms with van der Waals surface area (Å²) in [5.41, 5.74) is 3.44. The van der Waals surface area contributed by atoms with Crippen LogP contribution in [0.2, 0.25) is 5.02 Å². The Balaban J connectivity index is 2.10. The molecule has 0 amide bonds. The van der Waals surface area contributed by atoms with Gasteiger partial charge >= 0.3 is 0 Å². The molecule has 8 heteroatoms. The average Bonchev–Trinajstić information content (AvgIpc) is 2.97. The number of aryl methyl sites for hydroxylation is 1. The van der Waals surface area contributed by atoms with Crippen LogP contribution in [-0.2, 0) is 17.1 Å². The predicted octanol–water partition coefficient (Wildman–Crippen LogP) is 4.20. The normalized spacial score (nSPS) is 12.7. The van der Waals surface area contributed by atoms with Crippen molar-refractivity contribution in [1.82, 2.24) is 8.87 Å². The molecule has 2 aromatic carbocycles. The lowest BCUT2D eigenvalue weighted by atomic mass is 10.1. The SMILES string of the molecule is Cc1cc(-c2csc(=Nc3ccc(Cl)cc3)n2C)cc(S(=O)(=O)N(C)C)c1. The zero-order valence-corrected chi connectivity index (χ0v) is 17.9. The third kappa shape index (κ3) is 4.16. The van der Waals surface area contributed by atoms with Gasteiger partial charge in [-0.1, -0.05) is 11.6 Å². The Labute approximate surface area is 168 Å². The molecule has 0 unspecified atom stereocenters. The van der Waals surface area contributed by atoms with Gasteiger partial charge in [-0.15, -0.1) is 11.3 Å². The van der Waals surface area contributed by atoms with Crippen LogP contribution in [0.3, 0.4) is 0 Å². The Morgan fingerprint density at radius 2 is 1.78 bits per heavy atom. The first-order valence-electron chi connectivity index (χ1n) is 8.18. The molecule has 1 aromatic heterocycles. The van der Waals surface area contributed by atoms with Crippen molar-refractivity contribution >= 4 is 38.6 Å². The molecular formula is C19H20ClN3O2S2. The Morgan fingerprint density at radius 1 is 1.11 bits per heavy atom. The van der Waals surface area contributed by atoms with Crippen molar-refractivity contribution in [2.45, 2.75) is 11.8 Å². The summed E-state index contributed by atoms with van der Waals surface area (Å²) in [6.45, 7) is 1.89. The molecule has 1 heterocycles. The lowest BCUT2D eigenvalue weighted by Gasteiger charge is -2.13. The molecule has 0 bridgehead atoms. The van der Waals surface area contributed by atoms with E-state index in [1.54, 1.807) is 24.3 Å². The van der Waals surface area contributed by atoms with Crippen molar-refractivity contribution in [3.63, 3.8) is 0 Å². The molecule has 0 aliphatic rings. The van der Waals surface area contributed by atoms with Gasteiger partial charge in [0.15, 0.2) is 4.80 Å². The molecular weight excluding hydrogens is 402 g/mol. The van der Waals surface area contributed by atoms with Gasteiger partial charge in [0.1, 0.15) is 0 Å². The summed E-state index contributed by atoms with van der Waals surface area (Å²) in [5.74, 6) is 0. The zero-order valence-electron chi connectivity index (χ0n) is 15.5. The fourth-order valence-corrected chi connectivity index (χ4v) is 4.70. The van der Waals surface area contributed by atoms with E-state index in [2.05, 4.69) is 4.99 Å². The standard InChI is InChI=1S/C19H20ClN3O2S2/c1-13-9-14(11-17(10-13)27(24,25)22(2)3)18-12-26-19(23(18)4)21-16-7-5-15(20)6-8-16/h5-12H,1-4H3. The summed E-state index contributed by atoms with van der Waals surface area (Å²) in [5, 5.41) is 2.65. The number of nitrogens with zero attached hydrogens (tertiary/aromatic N) is 3. The molecule has 0 fully saturated rings. The minimum Gasteiger partial charge on any atom is -0.320 e. The molecule has 3 aromatic rings. The van der Waals surface area contributed by atoms with E-state index in [9.17, 15) is 8.42 Å². The monoisotopic (exact) mass is 421 g/mol. The van der Waals surface area contributed by atoms with Gasteiger partial charge < -0.3 is 4.57 Å². The van der Waals surface area contributed by atoms with Crippen LogP contribution in [0.5, 0.6) is 0 Å². The second kappa shape index (κ2) is 7.59. The summed E-state index contributed by atoms with van der Waals surface area (Å²) < 4.78 is 28.2. The quantitative estimate of drug-likeness (QED) is 0.634. The topological polar surface area (TPSA) is 54.7 Å². The number of thiazole rings is 1. The van der Waals surface area contributed by atoms with Crippen LogP contribution in [0.4, 0.5) is 5.69 Å². The van der Waals surface area contributed by atoms with Gasteiger partial charge in [-0.25, -0.2) is 17.7 Å². The maximum Gasteiger partial charge on any atom is 0.242 e. The number of aromatic nitrogens is 1. The van der Waals surface area contributed by atoms with E-state index >= 15 is 0 Å². The largest absolute Gasteiger partial charge is 0.320 e. The van der Waals surface area contributed by atoms with Crippen molar-refractivity contribution < 1.29 is 8.42 Å². The molecule has 3 rings (SSSR count). The molecule has 142 valence electrons. The van der Waals surface area contributed by atoms with Crippen molar-refractivity contribution in [2.24, 2.45) is 12.0 Å². The number of halogens is 1. The molecule has 0 spiro atoms. The van der Waals surface area contributed by atoms with Gasteiger partial charge in [0.05, 0.1) is 16.3 Å². The summed E-state index contributed by atoms with van der Waals surface area (Å²) in [6, 6.07) is 12.7. The highest BCUT2D eigenvalue weighted by Crippen LogP contribution is 2.26. The van der Waals surface area contributed by atoms with E-state index in [4.69, 9.17) is 11.6 Å². The van der Waals surface area contributed by atoms with Crippen LogP contribution in [0, 0.1) is 6.92 Å². The van der Waals surface area contributed by atoms with Gasteiger partial charge in [-0.2, -0.15) is 0 Å². The summed E-state index contributed by atoms with van der Waals surface area (Å²) in [4.78, 5) is 5.74. The first-order chi connectivity index (χ1) is 12.7. The Bertz CT molecular complexity index is 1140. The average molecular weight is 422 g/mol. The maximum atomic E-state index is 12.5. The minimum atomic E-state index is -3.50. The van der Waals surface area contributed by atoms with E-state index in [0.29, 0.717) is 5.02 Å². The third-order valence-corrected chi connectivity index (χ3v) is 7.06. The van der Waals surface area contributed by atoms with E-state index in [1.807, 2.05) is 42.1 Å². The highest BCUT2D eigenvalue weighted by molar-refractivity contribution is 7.89. The van der Waals surface area contributed by atoms with E-state index in [-0.39, 0.29) is 4.90 Å². The van der Waals surface area contributed by atoms with Crippen molar-refractivity contribution in [3.8, 4) is 11.3 Å². The molecule has 0 saturated heterocycles. The van der Waals surface area contributed by atoms with Crippen molar-refractivity contribution in [3.05, 3.63) is 63.2 Å². The fraction of sp³-hybridized carbons (Fsp3) is 0.211. The number of hydrogen-bond donors (Lipinski definition) is 0. The van der Waals surface area contributed by atoms with Gasteiger partial charge in [0.25, 0.3) is 0 Å². The molecule has 0 aliphatic heterocycles. The fourth-order valence-electron chi connectivity index (χ4n) is 2.61. The second-order valence-electron chi connectivity index (χ2n) is 6.37. The Hall–Kier alpha value is -1.93. The van der Waals surface area contributed by atoms with Gasteiger partial charge in [0.2, 0.25) is 10.0 Å². The summed E-state index contributed by atoms with van der Waals surface area (Å²) in [7, 11) is 1.49. The van der Waals surface area contributed by atoms with E-state index < -0.39 is 10.0 Å². The van der Waals surface area contributed by atoms with Crippen molar-refractivity contribution in [2.75, 3.05) is 14.1 Å². The molecule has 0 N–H and O–H groups in total. The number of rotatable bonds is 4. The first kappa shape index (κ1) is 19.8. The van der Waals surface area contributed by atoms with Crippen LogP contribution >= 0.6 is 22.9 Å². The highest BCUT2D eigenvalue weighted by atomic mass is 35.5. The van der Waals surface area contributed by atoms with Gasteiger partial charge in [-0.3, -0.25) is 0 Å².